The van der Waals surface area contributed by atoms with Crippen LogP contribution in [0.5, 0.6) is 0 Å². The SMILES string of the molecule is CCS(=O)(=O)N(C)CCCNC(=O)c1ccccc1-c1ccccc1C#N. The van der Waals surface area contributed by atoms with Gasteiger partial charge in [0.15, 0.2) is 0 Å². The van der Waals surface area contributed by atoms with Crippen molar-refractivity contribution in [3.8, 4) is 17.2 Å². The van der Waals surface area contributed by atoms with Crippen molar-refractivity contribution in [1.82, 2.24) is 9.62 Å². The van der Waals surface area contributed by atoms with Gasteiger partial charge in [-0.3, -0.25) is 4.79 Å². The lowest BCUT2D eigenvalue weighted by molar-refractivity contribution is 0.0953. The fraction of sp³-hybridized carbons (Fsp3) is 0.300. The van der Waals surface area contributed by atoms with Crippen molar-refractivity contribution < 1.29 is 13.2 Å². The van der Waals surface area contributed by atoms with E-state index in [1.165, 1.54) is 11.4 Å². The van der Waals surface area contributed by atoms with Crippen molar-refractivity contribution >= 4 is 15.9 Å². The highest BCUT2D eigenvalue weighted by Gasteiger charge is 2.16. The van der Waals surface area contributed by atoms with Crippen LogP contribution in [0.25, 0.3) is 11.1 Å². The molecule has 27 heavy (non-hydrogen) atoms. The smallest absolute Gasteiger partial charge is 0.251 e. The lowest BCUT2D eigenvalue weighted by atomic mass is 9.95. The first kappa shape index (κ1) is 20.6. The van der Waals surface area contributed by atoms with Gasteiger partial charge in [0, 0.05) is 31.3 Å². The van der Waals surface area contributed by atoms with Crippen LogP contribution in [-0.2, 0) is 10.0 Å². The number of nitriles is 1. The van der Waals surface area contributed by atoms with Gasteiger partial charge >= 0.3 is 0 Å². The van der Waals surface area contributed by atoms with Crippen LogP contribution < -0.4 is 5.32 Å². The lowest BCUT2D eigenvalue weighted by Gasteiger charge is -2.16. The van der Waals surface area contributed by atoms with E-state index in [1.54, 1.807) is 31.2 Å². The van der Waals surface area contributed by atoms with Crippen molar-refractivity contribution in [3.05, 3.63) is 59.7 Å². The lowest BCUT2D eigenvalue weighted by Crippen LogP contribution is -2.32. The molecule has 0 unspecified atom stereocenters. The van der Waals surface area contributed by atoms with E-state index in [9.17, 15) is 18.5 Å². The highest BCUT2D eigenvalue weighted by atomic mass is 32.2. The van der Waals surface area contributed by atoms with Crippen LogP contribution in [0.4, 0.5) is 0 Å². The Balaban J connectivity index is 2.07. The summed E-state index contributed by atoms with van der Waals surface area (Å²) in [5.41, 5.74) is 2.39. The maximum absolute atomic E-state index is 12.6. The van der Waals surface area contributed by atoms with E-state index in [1.807, 2.05) is 24.3 Å². The van der Waals surface area contributed by atoms with Crippen LogP contribution >= 0.6 is 0 Å². The third kappa shape index (κ3) is 5.16. The number of nitrogens with one attached hydrogen (secondary N) is 1. The normalized spacial score (nSPS) is 11.2. The monoisotopic (exact) mass is 385 g/mol. The Morgan fingerprint density at radius 2 is 1.74 bits per heavy atom. The van der Waals surface area contributed by atoms with Crippen molar-refractivity contribution in [2.45, 2.75) is 13.3 Å². The predicted octanol–water partition coefficient (Wildman–Crippen LogP) is 2.63. The second-order valence-corrected chi connectivity index (χ2v) is 8.40. The van der Waals surface area contributed by atoms with Crippen molar-refractivity contribution in [2.75, 3.05) is 25.9 Å². The molecule has 0 radical (unpaired) electrons. The molecule has 0 aromatic heterocycles. The van der Waals surface area contributed by atoms with E-state index in [2.05, 4.69) is 11.4 Å². The van der Waals surface area contributed by atoms with Gasteiger partial charge < -0.3 is 5.32 Å². The van der Waals surface area contributed by atoms with Crippen LogP contribution in [0.15, 0.2) is 48.5 Å². The summed E-state index contributed by atoms with van der Waals surface area (Å²) >= 11 is 0. The number of rotatable bonds is 8. The van der Waals surface area contributed by atoms with Gasteiger partial charge in [-0.15, -0.1) is 0 Å². The summed E-state index contributed by atoms with van der Waals surface area (Å²) in [4.78, 5) is 12.6. The summed E-state index contributed by atoms with van der Waals surface area (Å²) in [6, 6.07) is 16.4. The molecule has 0 atom stereocenters. The number of carbonyl (C=O) groups is 1. The maximum Gasteiger partial charge on any atom is 0.251 e. The Morgan fingerprint density at radius 1 is 1.11 bits per heavy atom. The average molecular weight is 385 g/mol. The highest BCUT2D eigenvalue weighted by Crippen LogP contribution is 2.26. The molecule has 0 aliphatic rings. The summed E-state index contributed by atoms with van der Waals surface area (Å²) in [6.45, 7) is 2.30. The largest absolute Gasteiger partial charge is 0.352 e. The number of benzene rings is 2. The van der Waals surface area contributed by atoms with E-state index in [-0.39, 0.29) is 11.7 Å². The van der Waals surface area contributed by atoms with Gasteiger partial charge in [0.05, 0.1) is 17.4 Å². The number of sulfonamides is 1. The average Bonchev–Trinajstić information content (AvgIpc) is 2.70. The van der Waals surface area contributed by atoms with E-state index < -0.39 is 10.0 Å². The fourth-order valence-corrected chi connectivity index (χ4v) is 3.54. The molecule has 1 amide bonds. The van der Waals surface area contributed by atoms with Crippen LogP contribution in [0.1, 0.15) is 29.3 Å². The van der Waals surface area contributed by atoms with Crippen molar-refractivity contribution in [1.29, 1.82) is 5.26 Å². The third-order valence-electron chi connectivity index (χ3n) is 4.28. The molecule has 2 aromatic rings. The summed E-state index contributed by atoms with van der Waals surface area (Å²) in [6.07, 6.45) is 0.512. The first-order valence-corrected chi connectivity index (χ1v) is 10.3. The molecule has 2 rings (SSSR count). The number of carbonyl (C=O) groups excluding carboxylic acids is 1. The molecule has 1 N–H and O–H groups in total. The fourth-order valence-electron chi connectivity index (χ4n) is 2.69. The molecule has 6 nitrogen and oxygen atoms in total. The van der Waals surface area contributed by atoms with E-state index in [4.69, 9.17) is 0 Å². The van der Waals surface area contributed by atoms with Crippen molar-refractivity contribution in [2.24, 2.45) is 0 Å². The topological polar surface area (TPSA) is 90.3 Å². The van der Waals surface area contributed by atoms with Gasteiger partial charge in [-0.25, -0.2) is 12.7 Å². The van der Waals surface area contributed by atoms with E-state index in [0.717, 1.165) is 0 Å². The molecule has 0 spiro atoms. The second-order valence-electron chi connectivity index (χ2n) is 6.03. The molecule has 0 bridgehead atoms. The summed E-state index contributed by atoms with van der Waals surface area (Å²) in [5, 5.41) is 12.1. The summed E-state index contributed by atoms with van der Waals surface area (Å²) < 4.78 is 24.7. The predicted molar refractivity (Wildman–Crippen MR) is 106 cm³/mol. The Hall–Kier alpha value is -2.69. The number of hydrogen-bond donors (Lipinski definition) is 1. The van der Waals surface area contributed by atoms with Gasteiger partial charge in [-0.05, 0) is 31.0 Å². The van der Waals surface area contributed by atoms with E-state index in [0.29, 0.717) is 41.8 Å². The molecule has 0 aliphatic heterocycles. The molecule has 0 saturated carbocycles. The zero-order valence-electron chi connectivity index (χ0n) is 15.5. The van der Waals surface area contributed by atoms with E-state index >= 15 is 0 Å². The first-order valence-electron chi connectivity index (χ1n) is 8.71. The minimum absolute atomic E-state index is 0.0571. The Bertz CT molecular complexity index is 949. The summed E-state index contributed by atoms with van der Waals surface area (Å²) in [7, 11) is -1.68. The zero-order valence-corrected chi connectivity index (χ0v) is 16.3. The molecular weight excluding hydrogens is 362 g/mol. The standard InChI is InChI=1S/C20H23N3O3S/c1-3-27(25,26)23(2)14-8-13-22-20(24)19-12-7-6-11-18(19)17-10-5-4-9-16(17)15-21/h4-7,9-12H,3,8,13-14H2,1-2H3,(H,22,24). The molecule has 0 fully saturated rings. The molecule has 0 saturated heterocycles. The molecule has 0 heterocycles. The van der Waals surface area contributed by atoms with Crippen LogP contribution in [0.2, 0.25) is 0 Å². The first-order chi connectivity index (χ1) is 12.9. The van der Waals surface area contributed by atoms with Crippen molar-refractivity contribution in [3.63, 3.8) is 0 Å². The Labute approximate surface area is 160 Å². The van der Waals surface area contributed by atoms with Crippen LogP contribution in [0, 0.1) is 11.3 Å². The van der Waals surface area contributed by atoms with Gasteiger partial charge in [0.2, 0.25) is 10.0 Å². The van der Waals surface area contributed by atoms with Gasteiger partial charge in [0.1, 0.15) is 0 Å². The van der Waals surface area contributed by atoms with Crippen LogP contribution in [-0.4, -0.2) is 44.5 Å². The minimum Gasteiger partial charge on any atom is -0.352 e. The third-order valence-corrected chi connectivity index (χ3v) is 6.15. The van der Waals surface area contributed by atoms with Crippen LogP contribution in [0.3, 0.4) is 0 Å². The molecule has 142 valence electrons. The molecule has 7 heteroatoms. The number of nitrogens with zero attached hydrogens (tertiary/aromatic N) is 2. The summed E-state index contributed by atoms with van der Waals surface area (Å²) in [5.74, 6) is -0.194. The Morgan fingerprint density at radius 3 is 2.41 bits per heavy atom. The second kappa shape index (κ2) is 9.31. The number of hydrogen-bond acceptors (Lipinski definition) is 4. The van der Waals surface area contributed by atoms with Gasteiger partial charge in [0.25, 0.3) is 5.91 Å². The van der Waals surface area contributed by atoms with Gasteiger partial charge in [-0.2, -0.15) is 5.26 Å². The number of amides is 1. The molecule has 0 aliphatic carbocycles. The van der Waals surface area contributed by atoms with Gasteiger partial charge in [-0.1, -0.05) is 36.4 Å². The Kier molecular flexibility index (Phi) is 7.11. The maximum atomic E-state index is 12.6. The molecular formula is C20H23N3O3S. The minimum atomic E-state index is -3.21. The highest BCUT2D eigenvalue weighted by molar-refractivity contribution is 7.89. The quantitative estimate of drug-likeness (QED) is 0.707. The zero-order chi connectivity index (χ0) is 19.9. The molecule has 2 aromatic carbocycles.